The molecule has 0 aromatic carbocycles. The molecule has 1 aliphatic rings. The van der Waals surface area contributed by atoms with E-state index in [4.69, 9.17) is 5.73 Å². The van der Waals surface area contributed by atoms with Gasteiger partial charge in [-0.25, -0.2) is 4.98 Å². The average Bonchev–Trinajstić information content (AvgIpc) is 1.99. The number of hydrogen-bond donors (Lipinski definition) is 1. The highest BCUT2D eigenvalue weighted by Crippen LogP contribution is 2.34. The van der Waals surface area contributed by atoms with Crippen molar-refractivity contribution in [3.05, 3.63) is 28.5 Å². The van der Waals surface area contributed by atoms with Gasteiger partial charge in [0.2, 0.25) is 0 Å². The molecule has 1 fully saturated rings. The zero-order chi connectivity index (χ0) is 8.55. The van der Waals surface area contributed by atoms with Gasteiger partial charge in [-0.1, -0.05) is 6.07 Å². The summed E-state index contributed by atoms with van der Waals surface area (Å²) in [4.78, 5) is 4.39. The van der Waals surface area contributed by atoms with Crippen LogP contribution in [0.15, 0.2) is 22.8 Å². The summed E-state index contributed by atoms with van der Waals surface area (Å²) in [6, 6.07) is 6.44. The van der Waals surface area contributed by atoms with E-state index in [-0.39, 0.29) is 0 Å². The molecule has 0 bridgehead atoms. The molecule has 2 N–H and O–H groups in total. The van der Waals surface area contributed by atoms with Gasteiger partial charge >= 0.3 is 0 Å². The summed E-state index contributed by atoms with van der Waals surface area (Å²) < 4.78 is 0.917. The van der Waals surface area contributed by atoms with E-state index in [0.717, 1.165) is 17.4 Å². The summed E-state index contributed by atoms with van der Waals surface area (Å²) in [5.41, 5.74) is 6.88. The summed E-state index contributed by atoms with van der Waals surface area (Å²) in [5, 5.41) is 0. The first-order valence-electron chi connectivity index (χ1n) is 4.14. The van der Waals surface area contributed by atoms with Crippen LogP contribution in [0, 0.1) is 0 Å². The zero-order valence-electron chi connectivity index (χ0n) is 6.70. The minimum Gasteiger partial charge on any atom is -0.328 e. The lowest BCUT2D eigenvalue weighted by atomic mass is 9.78. The second kappa shape index (κ2) is 3.15. The minimum atomic E-state index is 0.399. The SMILES string of the molecule is NC1CC(c2cccc(Br)n2)C1. The van der Waals surface area contributed by atoms with Crippen LogP contribution < -0.4 is 5.73 Å². The van der Waals surface area contributed by atoms with Crippen LogP contribution in [0.2, 0.25) is 0 Å². The fraction of sp³-hybridized carbons (Fsp3) is 0.444. The van der Waals surface area contributed by atoms with Gasteiger partial charge < -0.3 is 5.73 Å². The van der Waals surface area contributed by atoms with Crippen molar-refractivity contribution in [3.63, 3.8) is 0 Å². The molecule has 0 saturated heterocycles. The average molecular weight is 227 g/mol. The molecule has 1 heterocycles. The standard InChI is InChI=1S/C9H11BrN2/c10-9-3-1-2-8(12-9)6-4-7(11)5-6/h1-3,6-7H,4-5,11H2. The van der Waals surface area contributed by atoms with E-state index in [2.05, 4.69) is 27.0 Å². The maximum Gasteiger partial charge on any atom is 0.106 e. The van der Waals surface area contributed by atoms with E-state index in [1.165, 1.54) is 5.69 Å². The van der Waals surface area contributed by atoms with Crippen LogP contribution in [0.1, 0.15) is 24.5 Å². The number of halogens is 1. The Balaban J connectivity index is 2.13. The lowest BCUT2D eigenvalue weighted by molar-refractivity contribution is 0.345. The number of nitrogens with zero attached hydrogens (tertiary/aromatic N) is 1. The van der Waals surface area contributed by atoms with Gasteiger partial charge in [-0.05, 0) is 40.9 Å². The molecule has 0 radical (unpaired) electrons. The first kappa shape index (κ1) is 8.20. The van der Waals surface area contributed by atoms with Crippen molar-refractivity contribution in [1.29, 1.82) is 0 Å². The van der Waals surface area contributed by atoms with Crippen molar-refractivity contribution in [2.45, 2.75) is 24.8 Å². The number of nitrogens with two attached hydrogens (primary N) is 1. The van der Waals surface area contributed by atoms with Crippen LogP contribution in [0.25, 0.3) is 0 Å². The Labute approximate surface area is 80.3 Å². The third kappa shape index (κ3) is 1.52. The largest absolute Gasteiger partial charge is 0.328 e. The maximum absolute atomic E-state index is 5.70. The molecule has 0 amide bonds. The topological polar surface area (TPSA) is 38.9 Å². The molecule has 1 aliphatic carbocycles. The van der Waals surface area contributed by atoms with Gasteiger partial charge in [0.15, 0.2) is 0 Å². The van der Waals surface area contributed by atoms with Crippen molar-refractivity contribution in [1.82, 2.24) is 4.98 Å². The van der Waals surface area contributed by atoms with Crippen molar-refractivity contribution >= 4 is 15.9 Å². The first-order valence-corrected chi connectivity index (χ1v) is 4.93. The van der Waals surface area contributed by atoms with Crippen molar-refractivity contribution in [2.24, 2.45) is 5.73 Å². The van der Waals surface area contributed by atoms with E-state index in [9.17, 15) is 0 Å². The molecule has 0 aliphatic heterocycles. The van der Waals surface area contributed by atoms with E-state index in [1.54, 1.807) is 0 Å². The fourth-order valence-electron chi connectivity index (χ4n) is 1.55. The van der Waals surface area contributed by atoms with Crippen molar-refractivity contribution in [2.75, 3.05) is 0 Å². The molecule has 12 heavy (non-hydrogen) atoms. The summed E-state index contributed by atoms with van der Waals surface area (Å²) in [6.07, 6.45) is 2.17. The van der Waals surface area contributed by atoms with E-state index >= 15 is 0 Å². The van der Waals surface area contributed by atoms with Crippen LogP contribution in [0.3, 0.4) is 0 Å². The van der Waals surface area contributed by atoms with Gasteiger partial charge in [-0.15, -0.1) is 0 Å². The molecule has 1 aromatic rings. The molecule has 1 saturated carbocycles. The number of rotatable bonds is 1. The summed E-state index contributed by atoms with van der Waals surface area (Å²) in [6.45, 7) is 0. The molecular formula is C9H11BrN2. The van der Waals surface area contributed by atoms with Crippen LogP contribution in [0.4, 0.5) is 0 Å². The lowest BCUT2D eigenvalue weighted by Gasteiger charge is -2.31. The van der Waals surface area contributed by atoms with E-state index in [1.807, 2.05) is 12.1 Å². The molecule has 0 unspecified atom stereocenters. The van der Waals surface area contributed by atoms with Crippen molar-refractivity contribution < 1.29 is 0 Å². The Morgan fingerprint density at radius 1 is 1.42 bits per heavy atom. The highest BCUT2D eigenvalue weighted by molar-refractivity contribution is 9.10. The highest BCUT2D eigenvalue weighted by atomic mass is 79.9. The van der Waals surface area contributed by atoms with Crippen LogP contribution in [-0.2, 0) is 0 Å². The molecule has 3 heteroatoms. The smallest absolute Gasteiger partial charge is 0.106 e. The predicted octanol–water partition coefficient (Wildman–Crippen LogP) is 2.05. The normalized spacial score (nSPS) is 28.2. The fourth-order valence-corrected chi connectivity index (χ4v) is 1.91. The number of aromatic nitrogens is 1. The third-order valence-corrected chi connectivity index (χ3v) is 2.77. The molecule has 64 valence electrons. The van der Waals surface area contributed by atoms with Crippen molar-refractivity contribution in [3.8, 4) is 0 Å². The molecule has 0 spiro atoms. The number of hydrogen-bond acceptors (Lipinski definition) is 2. The first-order chi connectivity index (χ1) is 5.75. The summed E-state index contributed by atoms with van der Waals surface area (Å²) >= 11 is 3.36. The second-order valence-corrected chi connectivity index (χ2v) is 4.13. The number of pyridine rings is 1. The Morgan fingerprint density at radius 3 is 2.75 bits per heavy atom. The Morgan fingerprint density at radius 2 is 2.17 bits per heavy atom. The molecule has 2 nitrogen and oxygen atoms in total. The van der Waals surface area contributed by atoms with Crippen LogP contribution in [0.5, 0.6) is 0 Å². The Hall–Kier alpha value is -0.410. The van der Waals surface area contributed by atoms with Crippen LogP contribution in [-0.4, -0.2) is 11.0 Å². The maximum atomic E-state index is 5.70. The van der Waals surface area contributed by atoms with Gasteiger partial charge in [-0.3, -0.25) is 0 Å². The van der Waals surface area contributed by atoms with Gasteiger partial charge in [0.05, 0.1) is 0 Å². The molecule has 2 rings (SSSR count). The van der Waals surface area contributed by atoms with Gasteiger partial charge in [0.25, 0.3) is 0 Å². The van der Waals surface area contributed by atoms with Crippen LogP contribution >= 0.6 is 15.9 Å². The molecular weight excluding hydrogens is 216 g/mol. The summed E-state index contributed by atoms with van der Waals surface area (Å²) in [7, 11) is 0. The monoisotopic (exact) mass is 226 g/mol. The molecule has 1 aromatic heterocycles. The van der Waals surface area contributed by atoms with Gasteiger partial charge in [0.1, 0.15) is 4.60 Å². The zero-order valence-corrected chi connectivity index (χ0v) is 8.29. The van der Waals surface area contributed by atoms with E-state index < -0.39 is 0 Å². The van der Waals surface area contributed by atoms with Gasteiger partial charge in [-0.2, -0.15) is 0 Å². The second-order valence-electron chi connectivity index (χ2n) is 3.31. The highest BCUT2D eigenvalue weighted by Gasteiger charge is 2.28. The quantitative estimate of drug-likeness (QED) is 0.745. The summed E-state index contributed by atoms with van der Waals surface area (Å²) in [5.74, 6) is 0.595. The lowest BCUT2D eigenvalue weighted by Crippen LogP contribution is -2.35. The minimum absolute atomic E-state index is 0.399. The Kier molecular flexibility index (Phi) is 2.15. The van der Waals surface area contributed by atoms with Gasteiger partial charge in [0, 0.05) is 17.7 Å². The Bertz CT molecular complexity index is 282. The van der Waals surface area contributed by atoms with E-state index in [0.29, 0.717) is 12.0 Å². The third-order valence-electron chi connectivity index (χ3n) is 2.33. The predicted molar refractivity (Wildman–Crippen MR) is 51.9 cm³/mol. The molecule has 0 atom stereocenters.